The highest BCUT2D eigenvalue weighted by molar-refractivity contribution is 5.74. The van der Waals surface area contributed by atoms with Crippen molar-refractivity contribution in [2.45, 2.75) is 47.5 Å². The van der Waals surface area contributed by atoms with Gasteiger partial charge in [-0.2, -0.15) is 0 Å². The average Bonchev–Trinajstić information content (AvgIpc) is 1.98. The topological polar surface area (TPSA) is 37.3 Å². The summed E-state index contributed by atoms with van der Waals surface area (Å²) in [5.41, 5.74) is -0.520. The van der Waals surface area contributed by atoms with Gasteiger partial charge >= 0.3 is 5.97 Å². The quantitative estimate of drug-likeness (QED) is 0.716. The van der Waals surface area contributed by atoms with E-state index in [4.69, 9.17) is 0 Å². The average molecular weight is 186 g/mol. The summed E-state index contributed by atoms with van der Waals surface area (Å²) in [6.45, 7) is 10.1. The smallest absolute Gasteiger partial charge is 0.309 e. The molecule has 78 valence electrons. The second-order valence-corrected chi connectivity index (χ2v) is 4.57. The zero-order valence-electron chi connectivity index (χ0n) is 9.42. The second kappa shape index (κ2) is 4.64. The number of rotatable bonds is 5. The van der Waals surface area contributed by atoms with Gasteiger partial charge < -0.3 is 5.11 Å². The fraction of sp³-hybridized carbons (Fsp3) is 0.909. The highest BCUT2D eigenvalue weighted by atomic mass is 16.4. The van der Waals surface area contributed by atoms with Gasteiger partial charge in [-0.05, 0) is 24.7 Å². The predicted octanol–water partition coefficient (Wildman–Crippen LogP) is 3.17. The summed E-state index contributed by atoms with van der Waals surface area (Å²) >= 11 is 0. The first-order valence-corrected chi connectivity index (χ1v) is 5.10. The van der Waals surface area contributed by atoms with Gasteiger partial charge in [0.05, 0.1) is 5.41 Å². The fourth-order valence-electron chi connectivity index (χ4n) is 2.00. The summed E-state index contributed by atoms with van der Waals surface area (Å²) in [5, 5.41) is 9.24. The lowest BCUT2D eigenvalue weighted by atomic mass is 9.70. The van der Waals surface area contributed by atoms with Gasteiger partial charge in [0.25, 0.3) is 0 Å². The zero-order chi connectivity index (χ0) is 10.6. The number of carboxylic acid groups (broad SMARTS) is 1. The molecular weight excluding hydrogens is 164 g/mol. The number of aliphatic carboxylic acids is 1. The third-order valence-electron chi connectivity index (χ3n) is 2.93. The molecule has 0 bridgehead atoms. The molecule has 0 saturated heterocycles. The van der Waals surface area contributed by atoms with Crippen LogP contribution < -0.4 is 0 Å². The predicted molar refractivity (Wildman–Crippen MR) is 54.7 cm³/mol. The van der Waals surface area contributed by atoms with Crippen LogP contribution in [0.1, 0.15) is 47.5 Å². The summed E-state index contributed by atoms with van der Waals surface area (Å²) in [5.74, 6) is 0.00884. The number of hydrogen-bond acceptors (Lipinski definition) is 1. The number of carbonyl (C=O) groups is 1. The number of carboxylic acids is 1. The Labute approximate surface area is 81.3 Å². The van der Waals surface area contributed by atoms with Gasteiger partial charge in [0.2, 0.25) is 0 Å². The third-order valence-corrected chi connectivity index (χ3v) is 2.93. The molecule has 0 aromatic heterocycles. The highest BCUT2D eigenvalue weighted by Crippen LogP contribution is 2.38. The molecule has 0 rings (SSSR count). The Morgan fingerprint density at radius 2 is 1.77 bits per heavy atom. The van der Waals surface area contributed by atoms with Gasteiger partial charge in [-0.3, -0.25) is 4.79 Å². The Morgan fingerprint density at radius 3 is 1.85 bits per heavy atom. The molecule has 0 aromatic rings. The van der Waals surface area contributed by atoms with Crippen molar-refractivity contribution in [1.29, 1.82) is 0 Å². The van der Waals surface area contributed by atoms with E-state index < -0.39 is 11.4 Å². The summed E-state index contributed by atoms with van der Waals surface area (Å²) in [7, 11) is 0. The maximum Gasteiger partial charge on any atom is 0.309 e. The molecule has 0 aliphatic carbocycles. The molecule has 0 spiro atoms. The van der Waals surface area contributed by atoms with Crippen LogP contribution in [0.25, 0.3) is 0 Å². The van der Waals surface area contributed by atoms with Crippen LogP contribution >= 0.6 is 0 Å². The van der Waals surface area contributed by atoms with Crippen molar-refractivity contribution in [3.63, 3.8) is 0 Å². The zero-order valence-corrected chi connectivity index (χ0v) is 9.42. The van der Waals surface area contributed by atoms with Crippen LogP contribution in [0.2, 0.25) is 0 Å². The van der Waals surface area contributed by atoms with E-state index in [1.165, 1.54) is 0 Å². The van der Waals surface area contributed by atoms with E-state index in [1.54, 1.807) is 0 Å². The largest absolute Gasteiger partial charge is 0.481 e. The van der Waals surface area contributed by atoms with Gasteiger partial charge in [0.15, 0.2) is 0 Å². The first-order valence-electron chi connectivity index (χ1n) is 5.10. The maximum absolute atomic E-state index is 11.2. The van der Waals surface area contributed by atoms with Crippen molar-refractivity contribution in [2.75, 3.05) is 0 Å². The van der Waals surface area contributed by atoms with Crippen molar-refractivity contribution in [1.82, 2.24) is 0 Å². The first kappa shape index (κ1) is 12.5. The van der Waals surface area contributed by atoms with E-state index in [0.717, 1.165) is 12.8 Å². The van der Waals surface area contributed by atoms with E-state index in [9.17, 15) is 9.90 Å². The Hall–Kier alpha value is -0.530. The number of hydrogen-bond donors (Lipinski definition) is 1. The Morgan fingerprint density at radius 1 is 1.31 bits per heavy atom. The molecule has 1 unspecified atom stereocenters. The lowest BCUT2D eigenvalue weighted by Crippen LogP contribution is -2.37. The molecule has 0 heterocycles. The molecule has 0 amide bonds. The van der Waals surface area contributed by atoms with E-state index in [-0.39, 0.29) is 5.92 Å². The fourth-order valence-corrected chi connectivity index (χ4v) is 2.00. The van der Waals surface area contributed by atoms with Crippen LogP contribution in [0.3, 0.4) is 0 Å². The van der Waals surface area contributed by atoms with E-state index in [0.29, 0.717) is 5.92 Å². The Bertz CT molecular complexity index is 173. The van der Waals surface area contributed by atoms with Crippen molar-refractivity contribution < 1.29 is 9.90 Å². The van der Waals surface area contributed by atoms with E-state index in [2.05, 4.69) is 13.8 Å². The highest BCUT2D eigenvalue weighted by Gasteiger charge is 2.40. The molecule has 0 aliphatic rings. The van der Waals surface area contributed by atoms with Crippen LogP contribution in [0, 0.1) is 17.3 Å². The summed E-state index contributed by atoms with van der Waals surface area (Å²) < 4.78 is 0. The first-order chi connectivity index (χ1) is 5.86. The van der Waals surface area contributed by atoms with Crippen LogP contribution in [-0.2, 0) is 4.79 Å². The lowest BCUT2D eigenvalue weighted by Gasteiger charge is -2.33. The van der Waals surface area contributed by atoms with Gasteiger partial charge in [-0.25, -0.2) is 0 Å². The molecule has 13 heavy (non-hydrogen) atoms. The van der Waals surface area contributed by atoms with Gasteiger partial charge in [-0.1, -0.05) is 34.6 Å². The van der Waals surface area contributed by atoms with Gasteiger partial charge in [0.1, 0.15) is 0 Å². The Balaban J connectivity index is 4.76. The minimum atomic E-state index is -0.640. The van der Waals surface area contributed by atoms with Gasteiger partial charge in [-0.15, -0.1) is 0 Å². The van der Waals surface area contributed by atoms with Crippen molar-refractivity contribution in [3.8, 4) is 0 Å². The molecule has 0 aromatic carbocycles. The van der Waals surface area contributed by atoms with Crippen molar-refractivity contribution >= 4 is 5.97 Å². The van der Waals surface area contributed by atoms with E-state index >= 15 is 0 Å². The molecule has 0 fully saturated rings. The maximum atomic E-state index is 11.2. The molecule has 1 N–H and O–H groups in total. The normalized spacial score (nSPS) is 16.2. The summed E-state index contributed by atoms with van der Waals surface area (Å²) in [6.07, 6.45) is 1.49. The standard InChI is InChI=1S/C11H22O2/c1-6-11(9(4)5,10(12)13)7-8(2)3/h8-9H,6-7H2,1-5H3,(H,12,13). The van der Waals surface area contributed by atoms with Crippen LogP contribution in [0.5, 0.6) is 0 Å². The molecule has 0 radical (unpaired) electrons. The molecule has 2 heteroatoms. The molecule has 1 atom stereocenters. The SMILES string of the molecule is CCC(CC(C)C)(C(=O)O)C(C)C. The monoisotopic (exact) mass is 186 g/mol. The van der Waals surface area contributed by atoms with Crippen molar-refractivity contribution in [3.05, 3.63) is 0 Å². The summed E-state index contributed by atoms with van der Waals surface area (Å²) in [6, 6.07) is 0. The second-order valence-electron chi connectivity index (χ2n) is 4.57. The lowest BCUT2D eigenvalue weighted by molar-refractivity contribution is -0.153. The van der Waals surface area contributed by atoms with E-state index in [1.807, 2.05) is 20.8 Å². The third kappa shape index (κ3) is 2.71. The minimum Gasteiger partial charge on any atom is -0.481 e. The van der Waals surface area contributed by atoms with Gasteiger partial charge in [0, 0.05) is 0 Å². The molecular formula is C11H22O2. The molecule has 0 saturated carbocycles. The minimum absolute atomic E-state index is 0.206. The Kier molecular flexibility index (Phi) is 4.45. The van der Waals surface area contributed by atoms with Crippen LogP contribution in [0.4, 0.5) is 0 Å². The molecule has 0 aliphatic heterocycles. The van der Waals surface area contributed by atoms with Crippen LogP contribution in [0.15, 0.2) is 0 Å². The molecule has 2 nitrogen and oxygen atoms in total. The van der Waals surface area contributed by atoms with Crippen LogP contribution in [-0.4, -0.2) is 11.1 Å². The summed E-state index contributed by atoms with van der Waals surface area (Å²) in [4.78, 5) is 11.2. The van der Waals surface area contributed by atoms with Crippen molar-refractivity contribution in [2.24, 2.45) is 17.3 Å².